The Hall–Kier alpha value is -1.15. The number of hydrogen-bond acceptors (Lipinski definition) is 2. The monoisotopic (exact) mass is 220 g/mol. The Kier molecular flexibility index (Phi) is 4.25. The van der Waals surface area contributed by atoms with Crippen LogP contribution in [-0.2, 0) is 11.2 Å². The molecular weight excluding hydrogens is 200 g/mol. The molecule has 88 valence electrons. The van der Waals surface area contributed by atoms with Crippen molar-refractivity contribution >= 4 is 5.78 Å². The van der Waals surface area contributed by atoms with Gasteiger partial charge >= 0.3 is 0 Å². The average molecular weight is 220 g/mol. The van der Waals surface area contributed by atoms with Crippen LogP contribution < -0.4 is 0 Å². The van der Waals surface area contributed by atoms with Crippen molar-refractivity contribution in [1.29, 1.82) is 0 Å². The SMILES string of the molecule is CCc1cccc(C(=O)COC(C)(C)C)c1. The molecule has 1 rings (SSSR count). The van der Waals surface area contributed by atoms with Crippen LogP contribution in [0.1, 0.15) is 43.6 Å². The number of benzene rings is 1. The molecule has 16 heavy (non-hydrogen) atoms. The van der Waals surface area contributed by atoms with Crippen LogP contribution in [0, 0.1) is 0 Å². The lowest BCUT2D eigenvalue weighted by atomic mass is 10.1. The van der Waals surface area contributed by atoms with Crippen molar-refractivity contribution in [3.63, 3.8) is 0 Å². The van der Waals surface area contributed by atoms with E-state index in [4.69, 9.17) is 4.74 Å². The molecule has 0 spiro atoms. The lowest BCUT2D eigenvalue weighted by molar-refractivity contribution is 0.00306. The van der Waals surface area contributed by atoms with Gasteiger partial charge in [-0.15, -0.1) is 0 Å². The van der Waals surface area contributed by atoms with Gasteiger partial charge in [-0.05, 0) is 38.8 Å². The highest BCUT2D eigenvalue weighted by molar-refractivity contribution is 5.97. The van der Waals surface area contributed by atoms with Crippen molar-refractivity contribution in [3.05, 3.63) is 35.4 Å². The van der Waals surface area contributed by atoms with Crippen molar-refractivity contribution in [1.82, 2.24) is 0 Å². The van der Waals surface area contributed by atoms with E-state index in [1.807, 2.05) is 45.0 Å². The van der Waals surface area contributed by atoms with E-state index in [9.17, 15) is 4.79 Å². The number of ketones is 1. The Morgan fingerprint density at radius 2 is 2.00 bits per heavy atom. The molecule has 0 atom stereocenters. The van der Waals surface area contributed by atoms with E-state index in [0.29, 0.717) is 0 Å². The van der Waals surface area contributed by atoms with Gasteiger partial charge in [0.25, 0.3) is 0 Å². The number of aryl methyl sites for hydroxylation is 1. The first-order chi connectivity index (χ1) is 7.42. The summed E-state index contributed by atoms with van der Waals surface area (Å²) in [4.78, 5) is 11.8. The van der Waals surface area contributed by atoms with E-state index in [0.717, 1.165) is 12.0 Å². The van der Waals surface area contributed by atoms with Gasteiger partial charge in [0.15, 0.2) is 5.78 Å². The van der Waals surface area contributed by atoms with Crippen LogP contribution in [0.15, 0.2) is 24.3 Å². The number of Topliss-reactive ketones (excluding diaryl/α,β-unsaturated/α-hetero) is 1. The fraction of sp³-hybridized carbons (Fsp3) is 0.500. The van der Waals surface area contributed by atoms with E-state index in [-0.39, 0.29) is 18.0 Å². The van der Waals surface area contributed by atoms with Gasteiger partial charge in [0, 0.05) is 5.56 Å². The largest absolute Gasteiger partial charge is 0.368 e. The second-order valence-electron chi connectivity index (χ2n) is 4.88. The highest BCUT2D eigenvalue weighted by Gasteiger charge is 2.14. The quantitative estimate of drug-likeness (QED) is 0.728. The van der Waals surface area contributed by atoms with Gasteiger partial charge in [0.2, 0.25) is 0 Å². The Labute approximate surface area is 97.6 Å². The van der Waals surface area contributed by atoms with Crippen LogP contribution in [0.3, 0.4) is 0 Å². The van der Waals surface area contributed by atoms with Gasteiger partial charge in [-0.25, -0.2) is 0 Å². The van der Waals surface area contributed by atoms with Crippen molar-refractivity contribution in [3.8, 4) is 0 Å². The second kappa shape index (κ2) is 5.26. The number of hydrogen-bond donors (Lipinski definition) is 0. The zero-order valence-corrected chi connectivity index (χ0v) is 10.5. The minimum Gasteiger partial charge on any atom is -0.368 e. The van der Waals surface area contributed by atoms with E-state index in [1.54, 1.807) is 0 Å². The van der Waals surface area contributed by atoms with E-state index in [2.05, 4.69) is 6.92 Å². The molecule has 0 amide bonds. The minimum absolute atomic E-state index is 0.0465. The number of ether oxygens (including phenoxy) is 1. The molecular formula is C14H20O2. The molecule has 0 heterocycles. The summed E-state index contributed by atoms with van der Waals surface area (Å²) in [5.41, 5.74) is 1.66. The highest BCUT2D eigenvalue weighted by Crippen LogP contribution is 2.10. The van der Waals surface area contributed by atoms with Gasteiger partial charge < -0.3 is 4.74 Å². The van der Waals surface area contributed by atoms with E-state index >= 15 is 0 Å². The first-order valence-electron chi connectivity index (χ1n) is 5.68. The summed E-state index contributed by atoms with van der Waals surface area (Å²) >= 11 is 0. The van der Waals surface area contributed by atoms with Gasteiger partial charge in [-0.3, -0.25) is 4.79 Å². The minimum atomic E-state index is -0.266. The third-order valence-electron chi connectivity index (χ3n) is 2.29. The van der Waals surface area contributed by atoms with Crippen molar-refractivity contribution in [2.24, 2.45) is 0 Å². The van der Waals surface area contributed by atoms with Gasteiger partial charge in [-0.2, -0.15) is 0 Å². The number of rotatable bonds is 4. The van der Waals surface area contributed by atoms with E-state index < -0.39 is 0 Å². The third kappa shape index (κ3) is 4.15. The van der Waals surface area contributed by atoms with Crippen molar-refractivity contribution in [2.45, 2.75) is 39.7 Å². The molecule has 1 aromatic carbocycles. The predicted molar refractivity (Wildman–Crippen MR) is 65.9 cm³/mol. The maximum Gasteiger partial charge on any atom is 0.188 e. The summed E-state index contributed by atoms with van der Waals surface area (Å²) in [5, 5.41) is 0. The fourth-order valence-corrected chi connectivity index (χ4v) is 1.33. The fourth-order valence-electron chi connectivity index (χ4n) is 1.33. The Morgan fingerprint density at radius 1 is 1.31 bits per heavy atom. The van der Waals surface area contributed by atoms with Crippen LogP contribution in [-0.4, -0.2) is 18.0 Å². The molecule has 0 saturated carbocycles. The molecule has 0 aliphatic carbocycles. The second-order valence-corrected chi connectivity index (χ2v) is 4.88. The number of carbonyl (C=O) groups is 1. The smallest absolute Gasteiger partial charge is 0.188 e. The summed E-state index contributed by atoms with van der Waals surface area (Å²) in [6.45, 7) is 8.07. The maximum absolute atomic E-state index is 11.8. The normalized spacial score (nSPS) is 11.5. The zero-order valence-electron chi connectivity index (χ0n) is 10.5. The first-order valence-corrected chi connectivity index (χ1v) is 5.68. The molecule has 0 aliphatic heterocycles. The van der Waals surface area contributed by atoms with Gasteiger partial charge in [-0.1, -0.05) is 25.1 Å². The summed E-state index contributed by atoms with van der Waals surface area (Å²) in [5.74, 6) is 0.0465. The zero-order chi connectivity index (χ0) is 12.2. The summed E-state index contributed by atoms with van der Waals surface area (Å²) in [6.07, 6.45) is 0.946. The maximum atomic E-state index is 11.8. The lowest BCUT2D eigenvalue weighted by Gasteiger charge is -2.18. The van der Waals surface area contributed by atoms with Crippen LogP contribution in [0.2, 0.25) is 0 Å². The highest BCUT2D eigenvalue weighted by atomic mass is 16.5. The Balaban J connectivity index is 2.66. The molecule has 1 aromatic rings. The first kappa shape index (κ1) is 12.9. The molecule has 0 N–H and O–H groups in total. The van der Waals surface area contributed by atoms with Crippen LogP contribution >= 0.6 is 0 Å². The average Bonchev–Trinajstić information content (AvgIpc) is 2.25. The summed E-state index contributed by atoms with van der Waals surface area (Å²) in [6, 6.07) is 7.73. The molecule has 0 saturated heterocycles. The molecule has 0 aliphatic rings. The molecule has 0 fully saturated rings. The van der Waals surface area contributed by atoms with Crippen LogP contribution in [0.5, 0.6) is 0 Å². The Bertz CT molecular complexity index is 361. The Morgan fingerprint density at radius 3 is 2.56 bits per heavy atom. The predicted octanol–water partition coefficient (Wildman–Crippen LogP) is 3.25. The molecule has 0 bridgehead atoms. The van der Waals surface area contributed by atoms with E-state index in [1.165, 1.54) is 5.56 Å². The lowest BCUT2D eigenvalue weighted by Crippen LogP contribution is -2.23. The number of carbonyl (C=O) groups excluding carboxylic acids is 1. The molecule has 2 heteroatoms. The standard InChI is InChI=1S/C14H20O2/c1-5-11-7-6-8-12(9-11)13(15)10-16-14(2,3)4/h6-9H,5,10H2,1-4H3. The summed E-state index contributed by atoms with van der Waals surface area (Å²) < 4.78 is 5.47. The molecule has 2 nitrogen and oxygen atoms in total. The van der Waals surface area contributed by atoms with Crippen LogP contribution in [0.4, 0.5) is 0 Å². The van der Waals surface area contributed by atoms with Gasteiger partial charge in [0.05, 0.1) is 5.60 Å². The van der Waals surface area contributed by atoms with Crippen molar-refractivity contribution in [2.75, 3.05) is 6.61 Å². The van der Waals surface area contributed by atoms with Crippen molar-refractivity contribution < 1.29 is 9.53 Å². The summed E-state index contributed by atoms with van der Waals surface area (Å²) in [7, 11) is 0. The molecule has 0 unspecified atom stereocenters. The van der Waals surface area contributed by atoms with Gasteiger partial charge in [0.1, 0.15) is 6.61 Å². The third-order valence-corrected chi connectivity index (χ3v) is 2.29. The molecule has 0 radical (unpaired) electrons. The van der Waals surface area contributed by atoms with Crippen LogP contribution in [0.25, 0.3) is 0 Å². The molecule has 0 aromatic heterocycles. The topological polar surface area (TPSA) is 26.3 Å².